The number of rotatable bonds is 3. The van der Waals surface area contributed by atoms with Crippen molar-refractivity contribution in [2.24, 2.45) is 0 Å². The van der Waals surface area contributed by atoms with Crippen molar-refractivity contribution in [2.75, 3.05) is 4.72 Å². The Hall–Kier alpha value is -3.00. The number of fused-ring (bicyclic) bond motifs is 3. The number of benzene rings is 2. The van der Waals surface area contributed by atoms with E-state index in [1.807, 2.05) is 18.2 Å². The lowest BCUT2D eigenvalue weighted by Gasteiger charge is -2.07. The number of aromatic nitrogens is 4. The van der Waals surface area contributed by atoms with Crippen LogP contribution < -0.4 is 4.72 Å². The van der Waals surface area contributed by atoms with Crippen LogP contribution in [0.25, 0.3) is 16.7 Å². The highest BCUT2D eigenvalue weighted by Gasteiger charge is 2.23. The summed E-state index contributed by atoms with van der Waals surface area (Å²) >= 11 is 0. The highest BCUT2D eigenvalue weighted by atomic mass is 32.2. The number of para-hydroxylation sites is 3. The molecule has 0 amide bonds. The molecular formula is C15H11N5O2S. The Morgan fingerprint density at radius 2 is 1.65 bits per heavy atom. The van der Waals surface area contributed by atoms with E-state index in [1.165, 1.54) is 10.6 Å². The summed E-state index contributed by atoms with van der Waals surface area (Å²) in [7, 11) is -3.88. The summed E-state index contributed by atoms with van der Waals surface area (Å²) in [5.74, 6) is 0. The molecule has 0 saturated carbocycles. The molecule has 0 radical (unpaired) electrons. The lowest BCUT2D eigenvalue weighted by molar-refractivity contribution is 0.591. The van der Waals surface area contributed by atoms with Crippen molar-refractivity contribution in [3.8, 4) is 0 Å². The molecule has 114 valence electrons. The Bertz CT molecular complexity index is 1110. The van der Waals surface area contributed by atoms with Crippen LogP contribution in [0.1, 0.15) is 0 Å². The van der Waals surface area contributed by atoms with Gasteiger partial charge in [0.15, 0.2) is 5.65 Å². The monoisotopic (exact) mass is 325 g/mol. The van der Waals surface area contributed by atoms with Gasteiger partial charge in [-0.2, -0.15) is 8.42 Å². The molecule has 8 heteroatoms. The van der Waals surface area contributed by atoms with E-state index in [9.17, 15) is 8.42 Å². The van der Waals surface area contributed by atoms with Gasteiger partial charge in [-0.1, -0.05) is 30.3 Å². The van der Waals surface area contributed by atoms with Crippen molar-refractivity contribution in [1.82, 2.24) is 19.6 Å². The zero-order valence-corrected chi connectivity index (χ0v) is 12.6. The Balaban J connectivity index is 1.93. The summed E-state index contributed by atoms with van der Waals surface area (Å²) in [6, 6.07) is 15.9. The fraction of sp³-hybridized carbons (Fsp3) is 0. The van der Waals surface area contributed by atoms with Gasteiger partial charge in [0.1, 0.15) is 0 Å². The molecule has 0 aliphatic carbocycles. The van der Waals surface area contributed by atoms with E-state index in [-0.39, 0.29) is 5.16 Å². The maximum atomic E-state index is 12.7. The SMILES string of the molecule is O=S(=O)(Nc1ccccc1)c1nnc2cnc3ccccc3n12. The van der Waals surface area contributed by atoms with Crippen molar-refractivity contribution in [1.29, 1.82) is 0 Å². The highest BCUT2D eigenvalue weighted by Crippen LogP contribution is 2.19. The Morgan fingerprint density at radius 3 is 2.48 bits per heavy atom. The van der Waals surface area contributed by atoms with Crippen molar-refractivity contribution < 1.29 is 8.42 Å². The quantitative estimate of drug-likeness (QED) is 0.623. The van der Waals surface area contributed by atoms with E-state index in [1.54, 1.807) is 36.4 Å². The number of hydrogen-bond donors (Lipinski definition) is 1. The van der Waals surface area contributed by atoms with E-state index in [0.717, 1.165) is 0 Å². The largest absolute Gasteiger partial charge is 0.298 e. The van der Waals surface area contributed by atoms with Gasteiger partial charge in [0, 0.05) is 5.69 Å². The molecule has 0 aliphatic rings. The lowest BCUT2D eigenvalue weighted by atomic mass is 10.3. The Labute approximate surface area is 131 Å². The normalized spacial score (nSPS) is 11.8. The molecule has 2 heterocycles. The van der Waals surface area contributed by atoms with Crippen LogP contribution in [-0.4, -0.2) is 28.0 Å². The number of nitrogens with one attached hydrogen (secondary N) is 1. The topological polar surface area (TPSA) is 89.2 Å². The number of hydrogen-bond acceptors (Lipinski definition) is 5. The van der Waals surface area contributed by atoms with Gasteiger partial charge in [0.05, 0.1) is 17.2 Å². The maximum Gasteiger partial charge on any atom is 0.298 e. The third-order valence-electron chi connectivity index (χ3n) is 3.37. The van der Waals surface area contributed by atoms with E-state index >= 15 is 0 Å². The Morgan fingerprint density at radius 1 is 0.913 bits per heavy atom. The van der Waals surface area contributed by atoms with Crippen LogP contribution in [0.4, 0.5) is 5.69 Å². The van der Waals surface area contributed by atoms with E-state index in [0.29, 0.717) is 22.4 Å². The fourth-order valence-electron chi connectivity index (χ4n) is 2.36. The van der Waals surface area contributed by atoms with Crippen LogP contribution in [-0.2, 0) is 10.0 Å². The molecule has 0 unspecified atom stereocenters. The molecule has 4 aromatic rings. The average molecular weight is 325 g/mol. The minimum absolute atomic E-state index is 0.171. The van der Waals surface area contributed by atoms with Crippen LogP contribution in [0.15, 0.2) is 66.0 Å². The molecule has 4 rings (SSSR count). The predicted molar refractivity (Wildman–Crippen MR) is 85.5 cm³/mol. The maximum absolute atomic E-state index is 12.7. The lowest BCUT2D eigenvalue weighted by Crippen LogP contribution is -2.16. The summed E-state index contributed by atoms with van der Waals surface area (Å²) < 4.78 is 29.3. The second-order valence-electron chi connectivity index (χ2n) is 4.89. The first-order valence-corrected chi connectivity index (χ1v) is 8.30. The molecule has 1 N–H and O–H groups in total. The highest BCUT2D eigenvalue weighted by molar-refractivity contribution is 7.92. The smallest absolute Gasteiger partial charge is 0.277 e. The van der Waals surface area contributed by atoms with Gasteiger partial charge in [0.2, 0.25) is 0 Å². The molecule has 0 fully saturated rings. The third-order valence-corrected chi connectivity index (χ3v) is 4.62. The third kappa shape index (κ3) is 2.29. The standard InChI is InChI=1S/C15H11N5O2S/c21-23(22,19-11-6-2-1-3-7-11)15-18-17-14-10-16-12-8-4-5-9-13(12)20(14)15/h1-10,19H. The van der Waals surface area contributed by atoms with Crippen molar-refractivity contribution in [3.63, 3.8) is 0 Å². The van der Waals surface area contributed by atoms with E-state index in [4.69, 9.17) is 0 Å². The van der Waals surface area contributed by atoms with Gasteiger partial charge in [0.25, 0.3) is 15.2 Å². The summed E-state index contributed by atoms with van der Waals surface area (Å²) in [6.45, 7) is 0. The first-order chi connectivity index (χ1) is 11.1. The van der Waals surface area contributed by atoms with Gasteiger partial charge < -0.3 is 0 Å². The van der Waals surface area contributed by atoms with Crippen LogP contribution in [0, 0.1) is 0 Å². The van der Waals surface area contributed by atoms with Crippen molar-refractivity contribution >= 4 is 32.4 Å². The molecule has 0 bridgehead atoms. The summed E-state index contributed by atoms with van der Waals surface area (Å²) in [6.07, 6.45) is 1.50. The van der Waals surface area contributed by atoms with Crippen LogP contribution >= 0.6 is 0 Å². The van der Waals surface area contributed by atoms with Gasteiger partial charge >= 0.3 is 0 Å². The van der Waals surface area contributed by atoms with Gasteiger partial charge in [-0.05, 0) is 24.3 Å². The zero-order chi connectivity index (χ0) is 15.9. The van der Waals surface area contributed by atoms with E-state index in [2.05, 4.69) is 19.9 Å². The van der Waals surface area contributed by atoms with Crippen molar-refractivity contribution in [3.05, 3.63) is 60.8 Å². The van der Waals surface area contributed by atoms with Gasteiger partial charge in [-0.3, -0.25) is 14.1 Å². The number of anilines is 1. The molecular weight excluding hydrogens is 314 g/mol. The second kappa shape index (κ2) is 5.03. The molecule has 7 nitrogen and oxygen atoms in total. The van der Waals surface area contributed by atoms with Crippen molar-refractivity contribution in [2.45, 2.75) is 5.16 Å². The Kier molecular flexibility index (Phi) is 2.98. The summed E-state index contributed by atoms with van der Waals surface area (Å²) in [4.78, 5) is 4.25. The summed E-state index contributed by atoms with van der Waals surface area (Å²) in [5, 5.41) is 7.57. The van der Waals surface area contributed by atoms with Gasteiger partial charge in [-0.15, -0.1) is 10.2 Å². The summed E-state index contributed by atoms with van der Waals surface area (Å²) in [5.41, 5.74) is 2.12. The molecule has 0 spiro atoms. The molecule has 0 atom stereocenters. The second-order valence-corrected chi connectivity index (χ2v) is 6.47. The first kappa shape index (κ1) is 13.6. The first-order valence-electron chi connectivity index (χ1n) is 6.82. The van der Waals surface area contributed by atoms with Crippen LogP contribution in [0.2, 0.25) is 0 Å². The molecule has 0 saturated heterocycles. The molecule has 23 heavy (non-hydrogen) atoms. The van der Waals surface area contributed by atoms with E-state index < -0.39 is 10.0 Å². The van der Waals surface area contributed by atoms with Crippen LogP contribution in [0.3, 0.4) is 0 Å². The predicted octanol–water partition coefficient (Wildman–Crippen LogP) is 2.08. The zero-order valence-electron chi connectivity index (χ0n) is 11.8. The minimum Gasteiger partial charge on any atom is -0.277 e. The minimum atomic E-state index is -3.88. The molecule has 2 aromatic carbocycles. The molecule has 0 aliphatic heterocycles. The molecule has 2 aromatic heterocycles. The number of sulfonamides is 1. The van der Waals surface area contributed by atoms with Crippen LogP contribution in [0.5, 0.6) is 0 Å². The fourth-order valence-corrected chi connectivity index (χ4v) is 3.48. The number of nitrogens with zero attached hydrogens (tertiary/aromatic N) is 4. The average Bonchev–Trinajstić information content (AvgIpc) is 3.01. The van der Waals surface area contributed by atoms with Gasteiger partial charge in [-0.25, -0.2) is 0 Å².